The van der Waals surface area contributed by atoms with Gasteiger partial charge in [-0.05, 0) is 31.0 Å². The fourth-order valence-electron chi connectivity index (χ4n) is 2.53. The van der Waals surface area contributed by atoms with E-state index in [1.165, 1.54) is 16.7 Å². The monoisotopic (exact) mass is 302 g/mol. The van der Waals surface area contributed by atoms with Gasteiger partial charge in [-0.15, -0.1) is 11.3 Å². The van der Waals surface area contributed by atoms with Gasteiger partial charge >= 0.3 is 0 Å². The van der Waals surface area contributed by atoms with Crippen molar-refractivity contribution in [1.29, 1.82) is 0 Å². The summed E-state index contributed by atoms with van der Waals surface area (Å²) in [5.74, 6) is 0.634. The van der Waals surface area contributed by atoms with Gasteiger partial charge in [0.15, 0.2) is 0 Å². The molecule has 1 amide bonds. The topological polar surface area (TPSA) is 64.3 Å². The molecule has 0 fully saturated rings. The second-order valence-corrected chi connectivity index (χ2v) is 6.33. The van der Waals surface area contributed by atoms with Crippen molar-refractivity contribution in [3.05, 3.63) is 50.7 Å². The molecule has 0 saturated heterocycles. The van der Waals surface area contributed by atoms with Crippen molar-refractivity contribution in [3.63, 3.8) is 0 Å². The molecule has 1 aromatic carbocycles. The Morgan fingerprint density at radius 1 is 1.48 bits per heavy atom. The number of hydrogen-bond donors (Lipinski definition) is 2. The first-order chi connectivity index (χ1) is 10.1. The first kappa shape index (κ1) is 14.1. The molecule has 3 N–H and O–H groups in total. The van der Waals surface area contributed by atoms with Crippen LogP contribution in [0, 0.1) is 13.8 Å². The highest BCUT2D eigenvalue weighted by Gasteiger charge is 2.25. The zero-order valence-electron chi connectivity index (χ0n) is 12.1. The average molecular weight is 302 g/mol. The summed E-state index contributed by atoms with van der Waals surface area (Å²) in [6, 6.07) is 6.30. The molecule has 21 heavy (non-hydrogen) atoms. The van der Waals surface area contributed by atoms with Crippen LogP contribution in [0.1, 0.15) is 38.0 Å². The summed E-state index contributed by atoms with van der Waals surface area (Å²) >= 11 is 1.54. The summed E-state index contributed by atoms with van der Waals surface area (Å²) in [6.07, 6.45) is 0. The highest BCUT2D eigenvalue weighted by atomic mass is 32.1. The Morgan fingerprint density at radius 2 is 2.29 bits per heavy atom. The number of fused-ring (bicyclic) bond motifs is 1. The highest BCUT2D eigenvalue weighted by molar-refractivity contribution is 7.10. The van der Waals surface area contributed by atoms with Crippen LogP contribution < -0.4 is 15.8 Å². The molecule has 1 atom stereocenters. The lowest BCUT2D eigenvalue weighted by Gasteiger charge is -2.11. The molecule has 0 saturated carbocycles. The molecule has 5 heteroatoms. The van der Waals surface area contributed by atoms with Crippen molar-refractivity contribution in [1.82, 2.24) is 5.32 Å². The number of carbonyl (C=O) groups excluding carboxylic acids is 1. The predicted octanol–water partition coefficient (Wildman–Crippen LogP) is 2.69. The van der Waals surface area contributed by atoms with E-state index in [4.69, 9.17) is 10.5 Å². The van der Waals surface area contributed by atoms with E-state index in [1.54, 1.807) is 16.7 Å². The quantitative estimate of drug-likeness (QED) is 0.912. The first-order valence-corrected chi connectivity index (χ1v) is 7.77. The first-order valence-electron chi connectivity index (χ1n) is 6.89. The van der Waals surface area contributed by atoms with Gasteiger partial charge in [-0.3, -0.25) is 4.79 Å². The molecule has 110 valence electrons. The smallest absolute Gasteiger partial charge is 0.249 e. The van der Waals surface area contributed by atoms with Crippen molar-refractivity contribution in [3.8, 4) is 5.75 Å². The van der Waals surface area contributed by atoms with Crippen molar-refractivity contribution in [2.24, 2.45) is 5.73 Å². The zero-order chi connectivity index (χ0) is 15.0. The van der Waals surface area contributed by atoms with Crippen LogP contribution in [0.3, 0.4) is 0 Å². The second-order valence-electron chi connectivity index (χ2n) is 5.34. The summed E-state index contributed by atoms with van der Waals surface area (Å²) in [6.45, 7) is 5.54. The van der Waals surface area contributed by atoms with E-state index < -0.39 is 0 Å². The summed E-state index contributed by atoms with van der Waals surface area (Å²) in [4.78, 5) is 12.2. The molecule has 0 unspecified atom stereocenters. The molecule has 1 aromatic heterocycles. The number of nitrogens with two attached hydrogens (primary N) is 1. The van der Waals surface area contributed by atoms with Gasteiger partial charge in [-0.1, -0.05) is 12.1 Å². The summed E-state index contributed by atoms with van der Waals surface area (Å²) < 4.78 is 5.82. The maximum Gasteiger partial charge on any atom is 0.249 e. The van der Waals surface area contributed by atoms with E-state index in [2.05, 4.69) is 31.3 Å². The maximum absolute atomic E-state index is 11.1. The van der Waals surface area contributed by atoms with Crippen LogP contribution in [-0.2, 0) is 6.54 Å². The maximum atomic E-state index is 11.1. The molecule has 0 aliphatic carbocycles. The number of thiophene rings is 1. The van der Waals surface area contributed by atoms with Crippen molar-refractivity contribution in [2.45, 2.75) is 26.4 Å². The van der Waals surface area contributed by atoms with Gasteiger partial charge in [-0.2, -0.15) is 0 Å². The number of benzene rings is 1. The molecule has 0 bridgehead atoms. The number of primary amides is 1. The predicted molar refractivity (Wildman–Crippen MR) is 83.8 cm³/mol. The summed E-state index contributed by atoms with van der Waals surface area (Å²) in [5, 5.41) is 5.28. The van der Waals surface area contributed by atoms with Crippen LogP contribution in [0.2, 0.25) is 0 Å². The Kier molecular flexibility index (Phi) is 3.69. The van der Waals surface area contributed by atoms with Gasteiger partial charge in [-0.25, -0.2) is 0 Å². The zero-order valence-corrected chi connectivity index (χ0v) is 12.9. The van der Waals surface area contributed by atoms with Crippen molar-refractivity contribution >= 4 is 17.2 Å². The van der Waals surface area contributed by atoms with E-state index in [0.29, 0.717) is 18.7 Å². The van der Waals surface area contributed by atoms with Gasteiger partial charge in [0.25, 0.3) is 0 Å². The number of carbonyl (C=O) groups is 1. The van der Waals surface area contributed by atoms with Crippen molar-refractivity contribution in [2.75, 3.05) is 6.61 Å². The molecule has 0 spiro atoms. The van der Waals surface area contributed by atoms with Gasteiger partial charge in [0.05, 0.1) is 11.6 Å². The van der Waals surface area contributed by atoms with Crippen LogP contribution in [0.15, 0.2) is 23.6 Å². The molecule has 2 heterocycles. The summed E-state index contributed by atoms with van der Waals surface area (Å²) in [7, 11) is 0. The molecule has 4 nitrogen and oxygen atoms in total. The Balaban J connectivity index is 1.71. The Morgan fingerprint density at radius 3 is 3.00 bits per heavy atom. The Labute approximate surface area is 127 Å². The fraction of sp³-hybridized carbons (Fsp3) is 0.312. The number of rotatable bonds is 4. The minimum Gasteiger partial charge on any atom is -0.491 e. The average Bonchev–Trinajstić information content (AvgIpc) is 3.07. The molecule has 1 aliphatic rings. The minimum atomic E-state index is -0.377. The van der Waals surface area contributed by atoms with E-state index in [0.717, 1.165) is 10.6 Å². The van der Waals surface area contributed by atoms with E-state index in [9.17, 15) is 4.79 Å². The third-order valence-electron chi connectivity index (χ3n) is 3.94. The minimum absolute atomic E-state index is 0.193. The van der Waals surface area contributed by atoms with Gasteiger partial charge < -0.3 is 15.8 Å². The van der Waals surface area contributed by atoms with Crippen LogP contribution in [-0.4, -0.2) is 12.5 Å². The van der Waals surface area contributed by atoms with Crippen LogP contribution >= 0.6 is 11.3 Å². The molecule has 2 aromatic rings. The van der Waals surface area contributed by atoms with Gasteiger partial charge in [0.1, 0.15) is 12.4 Å². The third-order valence-corrected chi connectivity index (χ3v) is 4.87. The normalized spacial score (nSPS) is 16.6. The lowest BCUT2D eigenvalue weighted by molar-refractivity contribution is 0.100. The fourth-order valence-corrected chi connectivity index (χ4v) is 3.35. The van der Waals surface area contributed by atoms with Gasteiger partial charge in [0, 0.05) is 22.4 Å². The van der Waals surface area contributed by atoms with Gasteiger partial charge in [0.2, 0.25) is 5.91 Å². The second kappa shape index (κ2) is 5.50. The highest BCUT2D eigenvalue weighted by Crippen LogP contribution is 2.36. The van der Waals surface area contributed by atoms with E-state index in [-0.39, 0.29) is 11.9 Å². The number of hydrogen-bond acceptors (Lipinski definition) is 4. The number of nitrogens with one attached hydrogen (secondary N) is 1. The SMILES string of the molecule is Cc1ccc2c(c1C)OC[C@H]2NCc1cc(C(N)=O)cs1. The largest absolute Gasteiger partial charge is 0.491 e. The molecule has 0 radical (unpaired) electrons. The van der Waals surface area contributed by atoms with Crippen LogP contribution in [0.4, 0.5) is 0 Å². The molecular formula is C16H18N2O2S. The van der Waals surface area contributed by atoms with Crippen molar-refractivity contribution < 1.29 is 9.53 Å². The Bertz CT molecular complexity index is 694. The summed E-state index contributed by atoms with van der Waals surface area (Å²) in [5.41, 5.74) is 9.52. The number of ether oxygens (including phenoxy) is 1. The van der Waals surface area contributed by atoms with Crippen LogP contribution in [0.5, 0.6) is 5.75 Å². The number of aryl methyl sites for hydroxylation is 1. The van der Waals surface area contributed by atoms with E-state index >= 15 is 0 Å². The Hall–Kier alpha value is -1.85. The number of amides is 1. The molecule has 3 rings (SSSR count). The molecule has 1 aliphatic heterocycles. The standard InChI is InChI=1S/C16H18N2O2S/c1-9-3-4-13-14(7-20-15(13)10(9)2)18-6-12-5-11(8-21-12)16(17)19/h3-5,8,14,18H,6-7H2,1-2H3,(H2,17,19)/t14-/m1/s1. The van der Waals surface area contributed by atoms with E-state index in [1.807, 2.05) is 6.07 Å². The lowest BCUT2D eigenvalue weighted by Crippen LogP contribution is -2.21. The molecular weight excluding hydrogens is 284 g/mol. The lowest BCUT2D eigenvalue weighted by atomic mass is 10.0. The third kappa shape index (κ3) is 2.66. The van der Waals surface area contributed by atoms with Crippen LogP contribution in [0.25, 0.3) is 0 Å².